The molecule has 1 N–H and O–H groups in total. The first-order chi connectivity index (χ1) is 11.3. The molecule has 0 aliphatic rings. The summed E-state index contributed by atoms with van der Waals surface area (Å²) in [6.07, 6.45) is 3.35. The Labute approximate surface area is 138 Å². The Bertz CT molecular complexity index is 788. The molecule has 2 aromatic heterocycles. The lowest BCUT2D eigenvalue weighted by Crippen LogP contribution is -2.03. The SMILES string of the molecule is CCOC(=O)c1sc(Nc2ccccc2)nc1-c1ccncc1. The average molecular weight is 325 g/mol. The van der Waals surface area contributed by atoms with Crippen molar-refractivity contribution in [3.05, 3.63) is 59.7 Å². The van der Waals surface area contributed by atoms with Gasteiger partial charge in [-0.1, -0.05) is 29.5 Å². The highest BCUT2D eigenvalue weighted by Gasteiger charge is 2.20. The normalized spacial score (nSPS) is 10.3. The Kier molecular flexibility index (Phi) is 4.63. The number of ether oxygens (including phenoxy) is 1. The number of nitrogens with one attached hydrogen (secondary N) is 1. The molecule has 0 unspecified atom stereocenters. The van der Waals surface area contributed by atoms with Crippen molar-refractivity contribution in [2.45, 2.75) is 6.92 Å². The summed E-state index contributed by atoms with van der Waals surface area (Å²) in [5, 5.41) is 3.86. The standard InChI is InChI=1S/C17H15N3O2S/c1-2-22-16(21)15-14(12-8-10-18-11-9-12)20-17(23-15)19-13-6-4-3-5-7-13/h3-11H,2H2,1H3,(H,19,20). The van der Waals surface area contributed by atoms with Gasteiger partial charge in [0.05, 0.1) is 12.3 Å². The fourth-order valence-corrected chi connectivity index (χ4v) is 2.96. The molecule has 0 atom stereocenters. The molecule has 0 amide bonds. The summed E-state index contributed by atoms with van der Waals surface area (Å²) in [5.74, 6) is -0.363. The van der Waals surface area contributed by atoms with Crippen LogP contribution in [0.4, 0.5) is 10.8 Å². The highest BCUT2D eigenvalue weighted by molar-refractivity contribution is 7.18. The van der Waals surface area contributed by atoms with Gasteiger partial charge in [-0.3, -0.25) is 4.98 Å². The molecule has 0 aliphatic heterocycles. The zero-order valence-electron chi connectivity index (χ0n) is 12.5. The van der Waals surface area contributed by atoms with E-state index in [-0.39, 0.29) is 5.97 Å². The van der Waals surface area contributed by atoms with E-state index in [1.165, 1.54) is 11.3 Å². The summed E-state index contributed by atoms with van der Waals surface area (Å²) in [6.45, 7) is 2.11. The van der Waals surface area contributed by atoms with Crippen LogP contribution in [0.15, 0.2) is 54.9 Å². The van der Waals surface area contributed by atoms with E-state index in [1.807, 2.05) is 42.5 Å². The van der Waals surface area contributed by atoms with Gasteiger partial charge in [0.15, 0.2) is 5.13 Å². The van der Waals surface area contributed by atoms with E-state index in [9.17, 15) is 4.79 Å². The van der Waals surface area contributed by atoms with Gasteiger partial charge in [-0.25, -0.2) is 9.78 Å². The monoisotopic (exact) mass is 325 g/mol. The summed E-state index contributed by atoms with van der Waals surface area (Å²) < 4.78 is 5.14. The van der Waals surface area contributed by atoms with E-state index in [2.05, 4.69) is 15.3 Å². The van der Waals surface area contributed by atoms with Crippen molar-refractivity contribution >= 4 is 28.1 Å². The summed E-state index contributed by atoms with van der Waals surface area (Å²) in [4.78, 5) is 21.3. The van der Waals surface area contributed by atoms with E-state index < -0.39 is 0 Å². The van der Waals surface area contributed by atoms with Gasteiger partial charge in [-0.15, -0.1) is 0 Å². The smallest absolute Gasteiger partial charge is 0.350 e. The van der Waals surface area contributed by atoms with Gasteiger partial charge in [-0.2, -0.15) is 0 Å². The maximum atomic E-state index is 12.2. The summed E-state index contributed by atoms with van der Waals surface area (Å²) in [7, 11) is 0. The average Bonchev–Trinajstić information content (AvgIpc) is 3.01. The van der Waals surface area contributed by atoms with Gasteiger partial charge >= 0.3 is 5.97 Å². The highest BCUT2D eigenvalue weighted by atomic mass is 32.1. The van der Waals surface area contributed by atoms with Crippen LogP contribution < -0.4 is 5.32 Å². The first-order valence-corrected chi connectivity index (χ1v) is 8.00. The van der Waals surface area contributed by atoms with Crippen LogP contribution in [0.1, 0.15) is 16.6 Å². The van der Waals surface area contributed by atoms with Crippen LogP contribution in [0.25, 0.3) is 11.3 Å². The number of para-hydroxylation sites is 1. The van der Waals surface area contributed by atoms with Gasteiger partial charge in [0.2, 0.25) is 0 Å². The molecule has 3 rings (SSSR count). The molecule has 0 saturated heterocycles. The molecule has 3 aromatic rings. The third-order valence-electron chi connectivity index (χ3n) is 3.07. The van der Waals surface area contributed by atoms with Crippen LogP contribution in [0.2, 0.25) is 0 Å². The van der Waals surface area contributed by atoms with Gasteiger partial charge in [0.1, 0.15) is 4.88 Å². The molecule has 0 spiro atoms. The molecule has 0 radical (unpaired) electrons. The maximum absolute atomic E-state index is 12.2. The lowest BCUT2D eigenvalue weighted by atomic mass is 10.2. The largest absolute Gasteiger partial charge is 0.462 e. The Balaban J connectivity index is 1.98. The van der Waals surface area contributed by atoms with E-state index in [0.717, 1.165) is 11.3 Å². The van der Waals surface area contributed by atoms with Crippen molar-refractivity contribution in [3.63, 3.8) is 0 Å². The molecule has 1 aromatic carbocycles. The molecule has 23 heavy (non-hydrogen) atoms. The topological polar surface area (TPSA) is 64.1 Å². The van der Waals surface area contributed by atoms with Crippen molar-refractivity contribution in [2.24, 2.45) is 0 Å². The van der Waals surface area contributed by atoms with Crippen LogP contribution in [0.5, 0.6) is 0 Å². The highest BCUT2D eigenvalue weighted by Crippen LogP contribution is 2.33. The van der Waals surface area contributed by atoms with Crippen molar-refractivity contribution in [1.29, 1.82) is 0 Å². The van der Waals surface area contributed by atoms with Crippen LogP contribution >= 0.6 is 11.3 Å². The number of carbonyl (C=O) groups is 1. The number of benzene rings is 1. The molecular weight excluding hydrogens is 310 g/mol. The fraction of sp³-hybridized carbons (Fsp3) is 0.118. The predicted octanol–water partition coefficient (Wildman–Crippen LogP) is 4.13. The molecule has 0 aliphatic carbocycles. The molecule has 6 heteroatoms. The first kappa shape index (κ1) is 15.2. The number of pyridine rings is 1. The molecule has 0 fully saturated rings. The quantitative estimate of drug-likeness (QED) is 0.715. The van der Waals surface area contributed by atoms with Gasteiger partial charge < -0.3 is 10.1 Å². The second-order valence-electron chi connectivity index (χ2n) is 4.64. The van der Waals surface area contributed by atoms with E-state index in [1.54, 1.807) is 19.3 Å². The number of aromatic nitrogens is 2. The number of hydrogen-bond donors (Lipinski definition) is 1. The third-order valence-corrected chi connectivity index (χ3v) is 4.02. The zero-order chi connectivity index (χ0) is 16.1. The zero-order valence-corrected chi connectivity index (χ0v) is 13.3. The number of esters is 1. The first-order valence-electron chi connectivity index (χ1n) is 7.18. The molecule has 5 nitrogen and oxygen atoms in total. The second kappa shape index (κ2) is 7.02. The lowest BCUT2D eigenvalue weighted by Gasteiger charge is -2.01. The summed E-state index contributed by atoms with van der Waals surface area (Å²) >= 11 is 1.28. The third kappa shape index (κ3) is 3.54. The summed E-state index contributed by atoms with van der Waals surface area (Å²) in [6, 6.07) is 13.3. The molecule has 0 bridgehead atoms. The van der Waals surface area contributed by atoms with Gasteiger partial charge in [0, 0.05) is 23.6 Å². The second-order valence-corrected chi connectivity index (χ2v) is 5.64. The van der Waals surface area contributed by atoms with E-state index in [4.69, 9.17) is 4.74 Å². The van der Waals surface area contributed by atoms with Gasteiger partial charge in [0.25, 0.3) is 0 Å². The summed E-state index contributed by atoms with van der Waals surface area (Å²) in [5.41, 5.74) is 2.35. The Hall–Kier alpha value is -2.73. The minimum absolute atomic E-state index is 0.327. The number of carbonyl (C=O) groups excluding carboxylic acids is 1. The number of anilines is 2. The van der Waals surface area contributed by atoms with Crippen LogP contribution in [-0.4, -0.2) is 22.5 Å². The Morgan fingerprint density at radius 1 is 1.17 bits per heavy atom. The van der Waals surface area contributed by atoms with Crippen molar-refractivity contribution in [3.8, 4) is 11.3 Å². The fourth-order valence-electron chi connectivity index (χ4n) is 2.06. The van der Waals surface area contributed by atoms with Crippen LogP contribution in [0, 0.1) is 0 Å². The van der Waals surface area contributed by atoms with Crippen molar-refractivity contribution in [2.75, 3.05) is 11.9 Å². The number of rotatable bonds is 5. The maximum Gasteiger partial charge on any atom is 0.350 e. The van der Waals surface area contributed by atoms with Crippen molar-refractivity contribution in [1.82, 2.24) is 9.97 Å². The Morgan fingerprint density at radius 3 is 2.61 bits per heavy atom. The number of hydrogen-bond acceptors (Lipinski definition) is 6. The minimum Gasteiger partial charge on any atom is -0.462 e. The number of nitrogens with zero attached hydrogens (tertiary/aromatic N) is 2. The lowest BCUT2D eigenvalue weighted by molar-refractivity contribution is 0.0532. The molecule has 2 heterocycles. The molecule has 0 saturated carbocycles. The Morgan fingerprint density at radius 2 is 1.91 bits per heavy atom. The minimum atomic E-state index is -0.363. The predicted molar refractivity (Wildman–Crippen MR) is 91.0 cm³/mol. The van der Waals surface area contributed by atoms with Crippen LogP contribution in [0.3, 0.4) is 0 Å². The van der Waals surface area contributed by atoms with E-state index in [0.29, 0.717) is 22.3 Å². The van der Waals surface area contributed by atoms with E-state index >= 15 is 0 Å². The molecular formula is C17H15N3O2S. The number of thiazole rings is 1. The van der Waals surface area contributed by atoms with Gasteiger partial charge in [-0.05, 0) is 31.2 Å². The van der Waals surface area contributed by atoms with Crippen LogP contribution in [-0.2, 0) is 4.74 Å². The van der Waals surface area contributed by atoms with Crippen molar-refractivity contribution < 1.29 is 9.53 Å². The molecule has 116 valence electrons.